The Balaban J connectivity index is 2.21. The van der Waals surface area contributed by atoms with E-state index in [9.17, 15) is 0 Å². The molecule has 6 heteroatoms. The van der Waals surface area contributed by atoms with Crippen LogP contribution < -0.4 is 10.6 Å². The average Bonchev–Trinajstić information content (AvgIpc) is 2.83. The second-order valence-electron chi connectivity index (χ2n) is 5.42. The number of hydrogen-bond acceptors (Lipinski definition) is 4. The van der Waals surface area contributed by atoms with E-state index in [2.05, 4.69) is 22.0 Å². The van der Waals surface area contributed by atoms with E-state index in [1.54, 1.807) is 6.07 Å². The van der Waals surface area contributed by atoms with Gasteiger partial charge in [-0.25, -0.2) is 0 Å². The van der Waals surface area contributed by atoms with Crippen molar-refractivity contribution >= 4 is 23.1 Å². The fraction of sp³-hybridized carbons (Fsp3) is 0.500. The van der Waals surface area contributed by atoms with Gasteiger partial charge in [-0.1, -0.05) is 22.8 Å². The molecule has 0 bridgehead atoms. The Morgan fingerprint density at radius 3 is 2.95 bits per heavy atom. The molecule has 0 spiro atoms. The minimum atomic E-state index is 0.0426. The van der Waals surface area contributed by atoms with Crippen LogP contribution in [-0.4, -0.2) is 49.7 Å². The Bertz CT molecular complexity index is 506. The lowest BCUT2D eigenvalue weighted by Gasteiger charge is -2.25. The highest BCUT2D eigenvalue weighted by Gasteiger charge is 2.22. The molecule has 0 saturated carbocycles. The van der Waals surface area contributed by atoms with Crippen molar-refractivity contribution in [1.82, 2.24) is 4.90 Å². The number of anilines is 1. The summed E-state index contributed by atoms with van der Waals surface area (Å²) in [6.45, 7) is 3.17. The van der Waals surface area contributed by atoms with Crippen LogP contribution >= 0.6 is 11.6 Å². The van der Waals surface area contributed by atoms with E-state index in [0.717, 1.165) is 25.3 Å². The first-order valence-corrected chi connectivity index (χ1v) is 7.06. The molecule has 0 radical (unpaired) electrons. The highest BCUT2D eigenvalue weighted by Crippen LogP contribution is 2.28. The molecule has 110 valence electrons. The van der Waals surface area contributed by atoms with Crippen molar-refractivity contribution in [3.05, 3.63) is 28.8 Å². The predicted octanol–water partition coefficient (Wildman–Crippen LogP) is 1.82. The summed E-state index contributed by atoms with van der Waals surface area (Å²) < 4.78 is 0. The second-order valence-corrected chi connectivity index (χ2v) is 5.82. The summed E-state index contributed by atoms with van der Waals surface area (Å²) in [6.07, 6.45) is 1.19. The van der Waals surface area contributed by atoms with Gasteiger partial charge in [0, 0.05) is 25.8 Å². The number of halogens is 1. The minimum absolute atomic E-state index is 0.0426. The van der Waals surface area contributed by atoms with Crippen LogP contribution in [0.3, 0.4) is 0 Å². The lowest BCUT2D eigenvalue weighted by Crippen LogP contribution is -2.29. The third kappa shape index (κ3) is 3.16. The van der Waals surface area contributed by atoms with Crippen molar-refractivity contribution in [2.45, 2.75) is 6.42 Å². The summed E-state index contributed by atoms with van der Waals surface area (Å²) in [7, 11) is 4.15. The van der Waals surface area contributed by atoms with Gasteiger partial charge in [-0.05, 0) is 38.1 Å². The van der Waals surface area contributed by atoms with E-state index in [1.807, 2.05) is 19.2 Å². The van der Waals surface area contributed by atoms with Crippen molar-refractivity contribution in [2.75, 3.05) is 38.6 Å². The Kier molecular flexibility index (Phi) is 4.73. The van der Waals surface area contributed by atoms with Gasteiger partial charge in [0.1, 0.15) is 0 Å². The molecule has 1 fully saturated rings. The van der Waals surface area contributed by atoms with Crippen molar-refractivity contribution in [3.63, 3.8) is 0 Å². The molecule has 1 saturated heterocycles. The van der Waals surface area contributed by atoms with Gasteiger partial charge < -0.3 is 20.7 Å². The molecule has 0 amide bonds. The fourth-order valence-electron chi connectivity index (χ4n) is 2.80. The molecule has 0 aromatic heterocycles. The first-order chi connectivity index (χ1) is 9.52. The molecule has 1 unspecified atom stereocenters. The monoisotopic (exact) mass is 296 g/mol. The van der Waals surface area contributed by atoms with E-state index >= 15 is 0 Å². The highest BCUT2D eigenvalue weighted by molar-refractivity contribution is 6.34. The Morgan fingerprint density at radius 2 is 2.35 bits per heavy atom. The Labute approximate surface area is 124 Å². The molecule has 20 heavy (non-hydrogen) atoms. The Morgan fingerprint density at radius 1 is 1.60 bits per heavy atom. The van der Waals surface area contributed by atoms with Crippen LogP contribution in [0.25, 0.3) is 0 Å². The topological polar surface area (TPSA) is 65.1 Å². The highest BCUT2D eigenvalue weighted by atomic mass is 35.5. The average molecular weight is 297 g/mol. The summed E-state index contributed by atoms with van der Waals surface area (Å²) in [5.41, 5.74) is 7.22. The lowest BCUT2D eigenvalue weighted by atomic mass is 10.1. The van der Waals surface area contributed by atoms with Gasteiger partial charge in [-0.2, -0.15) is 0 Å². The van der Waals surface area contributed by atoms with Crippen molar-refractivity contribution in [1.29, 1.82) is 0 Å². The summed E-state index contributed by atoms with van der Waals surface area (Å²) in [5.74, 6) is 0.671. The summed E-state index contributed by atoms with van der Waals surface area (Å²) in [4.78, 5) is 4.46. The third-order valence-electron chi connectivity index (χ3n) is 3.79. The maximum atomic E-state index is 8.92. The number of benzene rings is 1. The van der Waals surface area contributed by atoms with Crippen LogP contribution in [0.2, 0.25) is 5.02 Å². The molecule has 0 aliphatic carbocycles. The number of nitrogens with zero attached hydrogens (tertiary/aromatic N) is 3. The smallest absolute Gasteiger partial charge is 0.173 e. The SMILES string of the molecule is CN1CCC(CN(C)c2cccc(Cl)c2C(N)=NO)C1. The van der Waals surface area contributed by atoms with Gasteiger partial charge in [-0.3, -0.25) is 0 Å². The van der Waals surface area contributed by atoms with Gasteiger partial charge >= 0.3 is 0 Å². The minimum Gasteiger partial charge on any atom is -0.409 e. The third-order valence-corrected chi connectivity index (χ3v) is 4.10. The maximum absolute atomic E-state index is 8.92. The second kappa shape index (κ2) is 6.33. The largest absolute Gasteiger partial charge is 0.409 e. The molecular formula is C14H21ClN4O. The molecular weight excluding hydrogens is 276 g/mol. The number of oxime groups is 1. The Hall–Kier alpha value is -1.46. The van der Waals surface area contributed by atoms with Crippen LogP contribution in [0.4, 0.5) is 5.69 Å². The molecule has 5 nitrogen and oxygen atoms in total. The number of likely N-dealkylation sites (tertiary alicyclic amines) is 1. The van der Waals surface area contributed by atoms with E-state index < -0.39 is 0 Å². The van der Waals surface area contributed by atoms with Crippen LogP contribution in [0, 0.1) is 5.92 Å². The molecule has 1 aromatic carbocycles. The number of amidine groups is 1. The first-order valence-electron chi connectivity index (χ1n) is 6.69. The van der Waals surface area contributed by atoms with Crippen LogP contribution in [0.1, 0.15) is 12.0 Å². The summed E-state index contributed by atoms with van der Waals surface area (Å²) in [5, 5.41) is 12.5. The van der Waals surface area contributed by atoms with Crippen LogP contribution in [0.15, 0.2) is 23.4 Å². The van der Waals surface area contributed by atoms with Gasteiger partial charge in [0.15, 0.2) is 5.84 Å². The summed E-state index contributed by atoms with van der Waals surface area (Å²) in [6, 6.07) is 5.57. The van der Waals surface area contributed by atoms with E-state index in [-0.39, 0.29) is 5.84 Å². The van der Waals surface area contributed by atoms with E-state index in [4.69, 9.17) is 22.5 Å². The van der Waals surface area contributed by atoms with Gasteiger partial charge in [0.2, 0.25) is 0 Å². The molecule has 1 atom stereocenters. The van der Waals surface area contributed by atoms with Crippen molar-refractivity contribution in [3.8, 4) is 0 Å². The van der Waals surface area contributed by atoms with Crippen molar-refractivity contribution in [2.24, 2.45) is 16.8 Å². The van der Waals surface area contributed by atoms with Gasteiger partial charge in [0.05, 0.1) is 10.6 Å². The fourth-order valence-corrected chi connectivity index (χ4v) is 3.06. The van der Waals surface area contributed by atoms with Gasteiger partial charge in [-0.15, -0.1) is 0 Å². The molecule has 1 aliphatic rings. The molecule has 1 heterocycles. The van der Waals surface area contributed by atoms with Gasteiger partial charge in [0.25, 0.3) is 0 Å². The molecule has 3 N–H and O–H groups in total. The normalized spacial score (nSPS) is 20.4. The number of nitrogens with two attached hydrogens (primary N) is 1. The quantitative estimate of drug-likeness (QED) is 0.385. The molecule has 2 rings (SSSR count). The zero-order valence-corrected chi connectivity index (χ0v) is 12.6. The standard InChI is InChI=1S/C14H21ClN4O/c1-18-7-6-10(8-18)9-19(2)12-5-3-4-11(15)13(12)14(16)17-20/h3-5,10,20H,6-9H2,1-2H3,(H2,16,17). The molecule has 1 aliphatic heterocycles. The predicted molar refractivity (Wildman–Crippen MR) is 82.8 cm³/mol. The lowest BCUT2D eigenvalue weighted by molar-refractivity contribution is 0.318. The molecule has 1 aromatic rings. The van der Waals surface area contributed by atoms with Crippen LogP contribution in [0.5, 0.6) is 0 Å². The first kappa shape index (κ1) is 14.9. The zero-order valence-electron chi connectivity index (χ0n) is 11.9. The summed E-state index contributed by atoms with van der Waals surface area (Å²) >= 11 is 6.18. The van der Waals surface area contributed by atoms with Crippen LogP contribution in [-0.2, 0) is 0 Å². The zero-order chi connectivity index (χ0) is 14.7. The number of rotatable bonds is 4. The number of hydrogen-bond donors (Lipinski definition) is 2. The van der Waals surface area contributed by atoms with E-state index in [1.165, 1.54) is 6.42 Å². The van der Waals surface area contributed by atoms with E-state index in [0.29, 0.717) is 16.5 Å². The van der Waals surface area contributed by atoms with Crippen molar-refractivity contribution < 1.29 is 5.21 Å². The maximum Gasteiger partial charge on any atom is 0.173 e.